The van der Waals surface area contributed by atoms with Gasteiger partial charge in [-0.15, -0.1) is 0 Å². The number of rotatable bonds is 13. The topological polar surface area (TPSA) is 84.3 Å². The van der Waals surface area contributed by atoms with Crippen molar-refractivity contribution in [3.05, 3.63) is 82.2 Å². The molecule has 0 saturated carbocycles. The van der Waals surface area contributed by atoms with Crippen LogP contribution in [-0.4, -0.2) is 86.0 Å². The minimum absolute atomic E-state index is 0.0990. The van der Waals surface area contributed by atoms with Crippen LogP contribution in [0.2, 0.25) is 0 Å². The van der Waals surface area contributed by atoms with E-state index < -0.39 is 10.0 Å². The third-order valence-corrected chi connectivity index (χ3v) is 11.5. The summed E-state index contributed by atoms with van der Waals surface area (Å²) in [5.41, 5.74) is 5.63. The Morgan fingerprint density at radius 2 is 1.70 bits per heavy atom. The fourth-order valence-corrected chi connectivity index (χ4v) is 9.06. The average Bonchev–Trinajstić information content (AvgIpc) is 3.70. The summed E-state index contributed by atoms with van der Waals surface area (Å²) < 4.78 is 43.3. The molecule has 2 aromatic carbocycles. The Labute approximate surface area is 275 Å². The molecular formula is C36H50N4O5S. The van der Waals surface area contributed by atoms with Gasteiger partial charge in [-0.3, -0.25) is 9.69 Å². The van der Waals surface area contributed by atoms with Gasteiger partial charge in [-0.25, -0.2) is 8.42 Å². The average molecular weight is 651 g/mol. The molecule has 1 fully saturated rings. The molecule has 1 unspecified atom stereocenters. The zero-order valence-electron chi connectivity index (χ0n) is 28.3. The second kappa shape index (κ2) is 14.7. The number of carbonyl (C=O) groups is 1. The number of aromatic nitrogens is 1. The van der Waals surface area contributed by atoms with Crippen LogP contribution in [0, 0.1) is 26.7 Å². The van der Waals surface area contributed by atoms with E-state index in [9.17, 15) is 13.2 Å². The lowest BCUT2D eigenvalue weighted by Gasteiger charge is -2.38. The maximum atomic E-state index is 14.0. The smallest absolute Gasteiger partial charge is 0.249 e. The molecule has 250 valence electrons. The lowest BCUT2D eigenvalue weighted by Crippen LogP contribution is -2.45. The Morgan fingerprint density at radius 3 is 2.37 bits per heavy atom. The predicted octanol–water partition coefficient (Wildman–Crippen LogP) is 5.31. The summed E-state index contributed by atoms with van der Waals surface area (Å²) in [7, 11) is -2.22. The Hall–Kier alpha value is -3.18. The van der Waals surface area contributed by atoms with E-state index in [2.05, 4.69) is 33.7 Å². The van der Waals surface area contributed by atoms with Crippen LogP contribution < -0.4 is 4.74 Å². The standard InChI is InChI=1S/C36H50N4O5S/c1-26(2)23-38(46(42,43)36-27(3)22-33(44-6)28(4)29(36)5)20-21-45-25-34(41)40-19-18-39-31(24-37-16-10-11-17-37)14-15-32(39)35(40)30-12-8-7-9-13-30/h7-9,12-15,22,26,35H,10-11,16-21,23-25H2,1-6H3. The highest BCUT2D eigenvalue weighted by atomic mass is 32.2. The van der Waals surface area contributed by atoms with Crippen LogP contribution in [0.25, 0.3) is 0 Å². The number of amides is 1. The van der Waals surface area contributed by atoms with Gasteiger partial charge in [0.15, 0.2) is 0 Å². The van der Waals surface area contributed by atoms with Gasteiger partial charge in [-0.05, 0) is 93.1 Å². The van der Waals surface area contributed by atoms with Gasteiger partial charge in [0.25, 0.3) is 0 Å². The number of hydrogen-bond donors (Lipinski definition) is 0. The molecule has 46 heavy (non-hydrogen) atoms. The minimum atomic E-state index is -3.81. The second-order valence-corrected chi connectivity index (χ2v) is 14.9. The van der Waals surface area contributed by atoms with Gasteiger partial charge in [-0.2, -0.15) is 4.31 Å². The lowest BCUT2D eigenvalue weighted by atomic mass is 10.00. The van der Waals surface area contributed by atoms with Crippen LogP contribution in [-0.2, 0) is 32.6 Å². The van der Waals surface area contributed by atoms with Crippen molar-refractivity contribution in [2.45, 2.75) is 71.5 Å². The summed E-state index contributed by atoms with van der Waals surface area (Å²) in [5.74, 6) is 0.689. The summed E-state index contributed by atoms with van der Waals surface area (Å²) in [4.78, 5) is 18.5. The van der Waals surface area contributed by atoms with E-state index in [0.717, 1.165) is 43.0 Å². The Bertz CT molecular complexity index is 1610. The first-order valence-electron chi connectivity index (χ1n) is 16.5. The Balaban J connectivity index is 1.29. The summed E-state index contributed by atoms with van der Waals surface area (Å²) in [6, 6.07) is 16.1. The highest BCUT2D eigenvalue weighted by molar-refractivity contribution is 7.89. The Morgan fingerprint density at radius 1 is 0.978 bits per heavy atom. The molecule has 9 nitrogen and oxygen atoms in total. The van der Waals surface area contributed by atoms with E-state index in [0.29, 0.717) is 34.9 Å². The molecule has 0 aliphatic carbocycles. The molecule has 5 rings (SSSR count). The summed E-state index contributed by atoms with van der Waals surface area (Å²) in [6.07, 6.45) is 2.51. The molecule has 0 N–H and O–H groups in total. The number of benzene rings is 2. The van der Waals surface area contributed by atoms with E-state index in [1.54, 1.807) is 20.1 Å². The third kappa shape index (κ3) is 7.20. The third-order valence-electron chi connectivity index (χ3n) is 9.36. The summed E-state index contributed by atoms with van der Waals surface area (Å²) >= 11 is 0. The number of nitrogens with zero attached hydrogens (tertiary/aromatic N) is 4. The van der Waals surface area contributed by atoms with Crippen LogP contribution in [0.4, 0.5) is 0 Å². The molecule has 1 saturated heterocycles. The number of hydrogen-bond acceptors (Lipinski definition) is 6. The number of likely N-dealkylation sites (tertiary alicyclic amines) is 1. The van der Waals surface area contributed by atoms with Crippen molar-refractivity contribution in [2.75, 3.05) is 53.0 Å². The highest BCUT2D eigenvalue weighted by Gasteiger charge is 2.34. The van der Waals surface area contributed by atoms with Gasteiger partial charge in [0, 0.05) is 44.1 Å². The fraction of sp³-hybridized carbons (Fsp3) is 0.528. The molecule has 1 aromatic heterocycles. The van der Waals surface area contributed by atoms with Gasteiger partial charge in [0.2, 0.25) is 15.9 Å². The second-order valence-electron chi connectivity index (χ2n) is 13.1. The Kier molecular flexibility index (Phi) is 10.9. The molecule has 1 atom stereocenters. The number of aryl methyl sites for hydroxylation is 1. The summed E-state index contributed by atoms with van der Waals surface area (Å²) in [5, 5.41) is 0. The number of carbonyl (C=O) groups excluding carboxylic acids is 1. The molecule has 2 aliphatic heterocycles. The van der Waals surface area contributed by atoms with E-state index in [1.807, 2.05) is 50.8 Å². The zero-order valence-corrected chi connectivity index (χ0v) is 29.1. The van der Waals surface area contributed by atoms with Crippen LogP contribution in [0.1, 0.15) is 66.4 Å². The van der Waals surface area contributed by atoms with Crippen molar-refractivity contribution in [3.8, 4) is 5.75 Å². The number of ether oxygens (including phenoxy) is 2. The number of fused-ring (bicyclic) bond motifs is 1. The van der Waals surface area contributed by atoms with Crippen LogP contribution >= 0.6 is 0 Å². The maximum Gasteiger partial charge on any atom is 0.249 e. The van der Waals surface area contributed by atoms with Gasteiger partial charge >= 0.3 is 0 Å². The van der Waals surface area contributed by atoms with Crippen molar-refractivity contribution in [3.63, 3.8) is 0 Å². The number of sulfonamides is 1. The lowest BCUT2D eigenvalue weighted by molar-refractivity contribution is -0.139. The van der Waals surface area contributed by atoms with Crippen molar-refractivity contribution in [2.24, 2.45) is 5.92 Å². The van der Waals surface area contributed by atoms with Crippen LogP contribution in [0.5, 0.6) is 5.75 Å². The van der Waals surface area contributed by atoms with Crippen molar-refractivity contribution < 1.29 is 22.7 Å². The molecular weight excluding hydrogens is 600 g/mol. The van der Waals surface area contributed by atoms with E-state index in [4.69, 9.17) is 9.47 Å². The largest absolute Gasteiger partial charge is 0.496 e. The van der Waals surface area contributed by atoms with Crippen LogP contribution in [0.15, 0.2) is 53.4 Å². The quantitative estimate of drug-likeness (QED) is 0.233. The first-order chi connectivity index (χ1) is 22.0. The molecule has 2 aliphatic rings. The zero-order chi connectivity index (χ0) is 33.0. The first-order valence-corrected chi connectivity index (χ1v) is 17.9. The summed E-state index contributed by atoms with van der Waals surface area (Å²) in [6.45, 7) is 14.5. The van der Waals surface area contributed by atoms with Crippen LogP contribution in [0.3, 0.4) is 0 Å². The molecule has 0 bridgehead atoms. The van der Waals surface area contributed by atoms with E-state index >= 15 is 0 Å². The fourth-order valence-electron chi connectivity index (χ4n) is 6.98. The van der Waals surface area contributed by atoms with Gasteiger partial charge in [0.05, 0.1) is 24.7 Å². The molecule has 3 aromatic rings. The highest BCUT2D eigenvalue weighted by Crippen LogP contribution is 2.35. The monoisotopic (exact) mass is 650 g/mol. The van der Waals surface area contributed by atoms with Gasteiger partial charge in [-0.1, -0.05) is 44.2 Å². The normalized spacial score (nSPS) is 17.2. The molecule has 1 amide bonds. The first kappa shape index (κ1) is 34.2. The van der Waals surface area contributed by atoms with Gasteiger partial charge in [0.1, 0.15) is 12.4 Å². The molecule has 0 spiro atoms. The molecule has 3 heterocycles. The minimum Gasteiger partial charge on any atom is -0.496 e. The maximum absolute atomic E-state index is 14.0. The molecule has 0 radical (unpaired) electrons. The van der Waals surface area contributed by atoms with E-state index in [-0.39, 0.29) is 37.6 Å². The van der Waals surface area contributed by atoms with Gasteiger partial charge < -0.3 is 18.9 Å². The van der Waals surface area contributed by atoms with E-state index in [1.165, 1.54) is 22.8 Å². The number of methoxy groups -OCH3 is 1. The van der Waals surface area contributed by atoms with Crippen molar-refractivity contribution in [1.82, 2.24) is 18.7 Å². The van der Waals surface area contributed by atoms with Crippen molar-refractivity contribution >= 4 is 15.9 Å². The predicted molar refractivity (Wildman–Crippen MR) is 181 cm³/mol. The SMILES string of the molecule is COc1cc(C)c(S(=O)(=O)N(CCOCC(=O)N2CCn3c(CN4CCCC4)ccc3C2c2ccccc2)CC(C)C)c(C)c1C. The van der Waals surface area contributed by atoms with Crippen molar-refractivity contribution in [1.29, 1.82) is 0 Å². The molecule has 10 heteroatoms.